The van der Waals surface area contributed by atoms with Crippen molar-refractivity contribution >= 4 is 17.9 Å². The zero-order valence-electron chi connectivity index (χ0n) is 11.0. The molecular formula is C12H19N3O4. The molecule has 2 saturated heterocycles. The minimum Gasteiger partial charge on any atom is -0.480 e. The van der Waals surface area contributed by atoms with E-state index in [0.717, 1.165) is 0 Å². The van der Waals surface area contributed by atoms with E-state index in [0.29, 0.717) is 38.9 Å². The van der Waals surface area contributed by atoms with Gasteiger partial charge in [0, 0.05) is 19.6 Å². The zero-order valence-corrected chi connectivity index (χ0v) is 11.0. The number of rotatable bonds is 2. The van der Waals surface area contributed by atoms with E-state index in [1.807, 2.05) is 6.92 Å². The monoisotopic (exact) mass is 269 g/mol. The fourth-order valence-electron chi connectivity index (χ4n) is 2.77. The molecule has 0 aromatic heterocycles. The van der Waals surface area contributed by atoms with Gasteiger partial charge in [-0.25, -0.2) is 9.59 Å². The summed E-state index contributed by atoms with van der Waals surface area (Å²) in [5.74, 6) is -1.13. The van der Waals surface area contributed by atoms with Crippen LogP contribution in [0.4, 0.5) is 4.79 Å². The number of carbonyl (C=O) groups is 3. The summed E-state index contributed by atoms with van der Waals surface area (Å²) in [5.41, 5.74) is 0. The molecule has 0 spiro atoms. The first kappa shape index (κ1) is 13.6. The van der Waals surface area contributed by atoms with Gasteiger partial charge >= 0.3 is 12.0 Å². The minimum absolute atomic E-state index is 0.159. The molecule has 2 fully saturated rings. The number of nitrogens with zero attached hydrogens (tertiary/aromatic N) is 2. The van der Waals surface area contributed by atoms with Gasteiger partial charge in [0.05, 0.1) is 0 Å². The van der Waals surface area contributed by atoms with Crippen LogP contribution in [0.15, 0.2) is 0 Å². The summed E-state index contributed by atoms with van der Waals surface area (Å²) in [6.07, 6.45) is 1.71. The Morgan fingerprint density at radius 3 is 2.74 bits per heavy atom. The van der Waals surface area contributed by atoms with Crippen LogP contribution in [0, 0.1) is 0 Å². The third kappa shape index (κ3) is 2.50. The van der Waals surface area contributed by atoms with Crippen molar-refractivity contribution in [2.75, 3.05) is 19.6 Å². The molecule has 19 heavy (non-hydrogen) atoms. The van der Waals surface area contributed by atoms with Gasteiger partial charge in [-0.2, -0.15) is 0 Å². The van der Waals surface area contributed by atoms with Crippen molar-refractivity contribution in [2.45, 2.75) is 38.3 Å². The van der Waals surface area contributed by atoms with Crippen LogP contribution in [0.3, 0.4) is 0 Å². The lowest BCUT2D eigenvalue weighted by molar-refractivity contribution is -0.141. The second kappa shape index (κ2) is 5.46. The first-order valence-electron chi connectivity index (χ1n) is 6.64. The van der Waals surface area contributed by atoms with E-state index < -0.39 is 18.1 Å². The smallest absolute Gasteiger partial charge is 0.326 e. The van der Waals surface area contributed by atoms with Gasteiger partial charge in [-0.15, -0.1) is 0 Å². The lowest BCUT2D eigenvalue weighted by Gasteiger charge is -2.37. The maximum absolute atomic E-state index is 12.4. The van der Waals surface area contributed by atoms with E-state index in [1.54, 1.807) is 0 Å². The molecule has 106 valence electrons. The number of hydrogen-bond donors (Lipinski definition) is 2. The molecule has 0 saturated carbocycles. The van der Waals surface area contributed by atoms with Crippen molar-refractivity contribution in [3.8, 4) is 0 Å². The van der Waals surface area contributed by atoms with Gasteiger partial charge in [0.1, 0.15) is 12.1 Å². The number of hydrogen-bond acceptors (Lipinski definition) is 3. The molecule has 0 aromatic carbocycles. The second-order valence-electron chi connectivity index (χ2n) is 4.88. The zero-order chi connectivity index (χ0) is 14.0. The Kier molecular flexibility index (Phi) is 3.92. The Morgan fingerprint density at radius 1 is 1.37 bits per heavy atom. The van der Waals surface area contributed by atoms with Crippen LogP contribution < -0.4 is 5.32 Å². The summed E-state index contributed by atoms with van der Waals surface area (Å²) in [6.45, 7) is 3.15. The highest BCUT2D eigenvalue weighted by Gasteiger charge is 2.40. The van der Waals surface area contributed by atoms with Crippen LogP contribution in [0.5, 0.6) is 0 Å². The van der Waals surface area contributed by atoms with E-state index in [2.05, 4.69) is 5.32 Å². The SMILES string of the molecule is CCC1C(=O)NCCN1C(=O)N1CCC[C@@H]1C(=O)O. The van der Waals surface area contributed by atoms with Gasteiger partial charge in [-0.1, -0.05) is 6.92 Å². The van der Waals surface area contributed by atoms with Crippen molar-refractivity contribution < 1.29 is 19.5 Å². The van der Waals surface area contributed by atoms with Gasteiger partial charge in [0.15, 0.2) is 0 Å². The Labute approximate surface area is 111 Å². The molecule has 3 amide bonds. The molecule has 1 unspecified atom stereocenters. The molecule has 2 heterocycles. The number of likely N-dealkylation sites (tertiary alicyclic amines) is 1. The van der Waals surface area contributed by atoms with Crippen LogP contribution in [0.2, 0.25) is 0 Å². The van der Waals surface area contributed by atoms with Gasteiger partial charge in [0.25, 0.3) is 0 Å². The summed E-state index contributed by atoms with van der Waals surface area (Å²) in [7, 11) is 0. The predicted octanol–water partition coefficient (Wildman–Crippen LogP) is -0.134. The number of amides is 3. The van der Waals surface area contributed by atoms with Gasteiger partial charge in [-0.3, -0.25) is 4.79 Å². The van der Waals surface area contributed by atoms with Crippen molar-refractivity contribution in [1.29, 1.82) is 0 Å². The first-order valence-corrected chi connectivity index (χ1v) is 6.64. The molecule has 0 aliphatic carbocycles. The van der Waals surface area contributed by atoms with Gasteiger partial charge in [0.2, 0.25) is 5.91 Å². The van der Waals surface area contributed by atoms with E-state index in [1.165, 1.54) is 9.80 Å². The third-order valence-corrected chi connectivity index (χ3v) is 3.75. The van der Waals surface area contributed by atoms with E-state index in [9.17, 15) is 14.4 Å². The lowest BCUT2D eigenvalue weighted by atomic mass is 10.1. The van der Waals surface area contributed by atoms with Crippen molar-refractivity contribution in [3.05, 3.63) is 0 Å². The highest BCUT2D eigenvalue weighted by Crippen LogP contribution is 2.21. The standard InChI is InChI=1S/C12H19N3O4/c1-2-8-10(16)13-5-7-15(8)12(19)14-6-3-4-9(14)11(17)18/h8-9H,2-7H2,1H3,(H,13,16)(H,17,18)/t8?,9-/m1/s1. The van der Waals surface area contributed by atoms with Gasteiger partial charge < -0.3 is 20.2 Å². The second-order valence-corrected chi connectivity index (χ2v) is 4.88. The van der Waals surface area contributed by atoms with Crippen molar-refractivity contribution in [1.82, 2.24) is 15.1 Å². The van der Waals surface area contributed by atoms with Crippen LogP contribution >= 0.6 is 0 Å². The van der Waals surface area contributed by atoms with Crippen LogP contribution in [-0.2, 0) is 9.59 Å². The van der Waals surface area contributed by atoms with Gasteiger partial charge in [-0.05, 0) is 19.3 Å². The molecule has 7 nitrogen and oxygen atoms in total. The van der Waals surface area contributed by atoms with Crippen molar-refractivity contribution in [2.24, 2.45) is 0 Å². The molecule has 0 bridgehead atoms. The number of nitrogens with one attached hydrogen (secondary N) is 1. The molecule has 2 atom stereocenters. The lowest BCUT2D eigenvalue weighted by Crippen LogP contribution is -2.60. The topological polar surface area (TPSA) is 90.0 Å². The summed E-state index contributed by atoms with van der Waals surface area (Å²) in [4.78, 5) is 38.2. The number of carboxylic acid groups (broad SMARTS) is 1. The summed E-state index contributed by atoms with van der Waals surface area (Å²) in [5, 5.41) is 11.8. The fraction of sp³-hybridized carbons (Fsp3) is 0.750. The molecule has 0 aromatic rings. The first-order chi connectivity index (χ1) is 9.06. The molecule has 2 aliphatic rings. The molecule has 7 heteroatoms. The molecular weight excluding hydrogens is 250 g/mol. The average molecular weight is 269 g/mol. The van der Waals surface area contributed by atoms with E-state index >= 15 is 0 Å². The summed E-state index contributed by atoms with van der Waals surface area (Å²) >= 11 is 0. The predicted molar refractivity (Wildman–Crippen MR) is 66.6 cm³/mol. The molecule has 2 N–H and O–H groups in total. The number of urea groups is 1. The number of piperazine rings is 1. The third-order valence-electron chi connectivity index (χ3n) is 3.75. The number of carbonyl (C=O) groups excluding carboxylic acids is 2. The Hall–Kier alpha value is -1.79. The summed E-state index contributed by atoms with van der Waals surface area (Å²) < 4.78 is 0. The molecule has 0 radical (unpaired) electrons. The normalized spacial score (nSPS) is 27.3. The van der Waals surface area contributed by atoms with Crippen LogP contribution in [0.25, 0.3) is 0 Å². The number of aliphatic carboxylic acids is 1. The van der Waals surface area contributed by atoms with Crippen molar-refractivity contribution in [3.63, 3.8) is 0 Å². The summed E-state index contributed by atoms with van der Waals surface area (Å²) in [6, 6.07) is -1.57. The van der Waals surface area contributed by atoms with E-state index in [4.69, 9.17) is 5.11 Å². The molecule has 2 aliphatic heterocycles. The largest absolute Gasteiger partial charge is 0.480 e. The van der Waals surface area contributed by atoms with E-state index in [-0.39, 0.29) is 11.9 Å². The average Bonchev–Trinajstić information content (AvgIpc) is 2.86. The maximum Gasteiger partial charge on any atom is 0.326 e. The Balaban J connectivity index is 2.13. The maximum atomic E-state index is 12.4. The molecule has 2 rings (SSSR count). The quantitative estimate of drug-likeness (QED) is 0.730. The van der Waals surface area contributed by atoms with Crippen LogP contribution in [-0.4, -0.2) is 64.5 Å². The minimum atomic E-state index is -0.972. The van der Waals surface area contributed by atoms with Crippen LogP contribution in [0.1, 0.15) is 26.2 Å². The highest BCUT2D eigenvalue weighted by atomic mass is 16.4. The number of carboxylic acids is 1. The Morgan fingerprint density at radius 2 is 2.11 bits per heavy atom. The highest BCUT2D eigenvalue weighted by molar-refractivity contribution is 5.90. The fourth-order valence-corrected chi connectivity index (χ4v) is 2.77. The Bertz CT molecular complexity index is 398.